The third kappa shape index (κ3) is 16.5. The molecule has 390 valence electrons. The van der Waals surface area contributed by atoms with Gasteiger partial charge >= 0.3 is 0 Å². The Kier molecular flexibility index (Phi) is 18.0. The zero-order valence-corrected chi connectivity index (χ0v) is 42.6. The highest BCUT2D eigenvalue weighted by Crippen LogP contribution is 2.29. The molecular formula is C47H56N10O13S3. The van der Waals surface area contributed by atoms with E-state index in [1.165, 1.54) is 67.3 Å². The SMILES string of the molecule is Cc1ccc(Cc2nc(Cc3ccc(/C=C/c4ccc(Nc5nc(Nc6ccc(S(=O)(=O)O)cc6)nc(N(CC(C)O)CC(C)O)n5)cc4S(=O)(=O)O)c(S(=O)(=O)O)c3)nc(N(CC(C)O)CC(C)O)n2)cc1. The van der Waals surface area contributed by atoms with Crippen molar-refractivity contribution < 1.29 is 59.3 Å². The maximum atomic E-state index is 12.9. The van der Waals surface area contributed by atoms with Crippen LogP contribution in [0, 0.1) is 6.92 Å². The molecule has 0 spiro atoms. The van der Waals surface area contributed by atoms with Crippen LogP contribution in [0.5, 0.6) is 0 Å². The molecule has 0 bridgehead atoms. The molecule has 2 aromatic heterocycles. The number of hydrogen-bond donors (Lipinski definition) is 9. The molecule has 2 heterocycles. The maximum Gasteiger partial charge on any atom is 0.295 e. The van der Waals surface area contributed by atoms with Crippen molar-refractivity contribution in [3.63, 3.8) is 0 Å². The van der Waals surface area contributed by atoms with Crippen molar-refractivity contribution in [2.45, 2.75) is 86.6 Å². The van der Waals surface area contributed by atoms with Crippen molar-refractivity contribution in [1.29, 1.82) is 0 Å². The van der Waals surface area contributed by atoms with Gasteiger partial charge in [-0.1, -0.05) is 60.2 Å². The summed E-state index contributed by atoms with van der Waals surface area (Å²) in [7, 11) is -14.4. The summed E-state index contributed by atoms with van der Waals surface area (Å²) in [6, 6.07) is 20.6. The van der Waals surface area contributed by atoms with Crippen LogP contribution in [-0.4, -0.2) is 140 Å². The van der Waals surface area contributed by atoms with Crippen molar-refractivity contribution >= 4 is 77.7 Å². The molecule has 0 aliphatic rings. The molecule has 0 aliphatic carbocycles. The van der Waals surface area contributed by atoms with Gasteiger partial charge in [0.25, 0.3) is 30.4 Å². The summed E-state index contributed by atoms with van der Waals surface area (Å²) in [4.78, 5) is 28.6. The molecule has 4 unspecified atom stereocenters. The zero-order chi connectivity index (χ0) is 53.4. The lowest BCUT2D eigenvalue weighted by atomic mass is 10.1. The van der Waals surface area contributed by atoms with Crippen LogP contribution in [0.1, 0.15) is 67.2 Å². The van der Waals surface area contributed by atoms with E-state index < -0.39 is 64.6 Å². The van der Waals surface area contributed by atoms with Gasteiger partial charge in [0.15, 0.2) is 0 Å². The van der Waals surface area contributed by atoms with Crippen molar-refractivity contribution in [1.82, 2.24) is 29.9 Å². The number of aromatic nitrogens is 6. The van der Waals surface area contributed by atoms with Gasteiger partial charge in [0, 0.05) is 50.4 Å². The molecule has 0 aliphatic heterocycles. The van der Waals surface area contributed by atoms with Gasteiger partial charge in [-0.3, -0.25) is 13.7 Å². The van der Waals surface area contributed by atoms with Gasteiger partial charge in [0.1, 0.15) is 21.4 Å². The molecule has 73 heavy (non-hydrogen) atoms. The van der Waals surface area contributed by atoms with E-state index in [-0.39, 0.29) is 89.6 Å². The summed E-state index contributed by atoms with van der Waals surface area (Å²) in [5, 5.41) is 46.8. The normalized spacial score (nSPS) is 13.9. The first-order chi connectivity index (χ1) is 34.2. The molecule has 0 amide bonds. The van der Waals surface area contributed by atoms with Gasteiger partial charge in [-0.25, -0.2) is 4.98 Å². The number of aliphatic hydroxyl groups is 4. The molecular weight excluding hydrogens is 1010 g/mol. The van der Waals surface area contributed by atoms with Crippen LogP contribution in [0.4, 0.5) is 35.2 Å². The van der Waals surface area contributed by atoms with Gasteiger partial charge < -0.3 is 40.9 Å². The first-order valence-electron chi connectivity index (χ1n) is 22.5. The van der Waals surface area contributed by atoms with Gasteiger partial charge in [-0.15, -0.1) is 0 Å². The molecule has 6 rings (SSSR count). The average Bonchev–Trinajstić information content (AvgIpc) is 3.27. The van der Waals surface area contributed by atoms with E-state index >= 15 is 0 Å². The summed E-state index contributed by atoms with van der Waals surface area (Å²) in [5.41, 5.74) is 2.43. The van der Waals surface area contributed by atoms with Crippen LogP contribution < -0.4 is 20.4 Å². The summed E-state index contributed by atoms with van der Waals surface area (Å²) >= 11 is 0. The first-order valence-corrected chi connectivity index (χ1v) is 26.8. The van der Waals surface area contributed by atoms with E-state index in [2.05, 4.69) is 40.5 Å². The Morgan fingerprint density at radius 1 is 0.493 bits per heavy atom. The van der Waals surface area contributed by atoms with Crippen LogP contribution in [0.2, 0.25) is 0 Å². The molecule has 23 nitrogen and oxygen atoms in total. The van der Waals surface area contributed by atoms with Crippen molar-refractivity contribution in [2.24, 2.45) is 0 Å². The molecule has 0 radical (unpaired) electrons. The van der Waals surface area contributed by atoms with Crippen LogP contribution in [0.25, 0.3) is 12.2 Å². The molecule has 0 saturated heterocycles. The highest BCUT2D eigenvalue weighted by atomic mass is 32.2. The number of aryl methyl sites for hydroxylation is 1. The summed E-state index contributed by atoms with van der Waals surface area (Å²) in [6.45, 7) is 8.22. The minimum Gasteiger partial charge on any atom is -0.392 e. The van der Waals surface area contributed by atoms with E-state index in [0.717, 1.165) is 29.3 Å². The number of benzene rings is 4. The molecule has 0 saturated carbocycles. The van der Waals surface area contributed by atoms with Crippen molar-refractivity contribution in [3.05, 3.63) is 124 Å². The Bertz CT molecular complexity index is 3250. The molecule has 0 fully saturated rings. The lowest BCUT2D eigenvalue weighted by Gasteiger charge is -2.26. The van der Waals surface area contributed by atoms with Crippen LogP contribution >= 0.6 is 0 Å². The quantitative estimate of drug-likeness (QED) is 0.0322. The number of nitrogens with zero attached hydrogens (tertiary/aromatic N) is 8. The Balaban J connectivity index is 1.33. The lowest BCUT2D eigenvalue weighted by molar-refractivity contribution is 0.176. The predicted octanol–water partition coefficient (Wildman–Crippen LogP) is 4.08. The summed E-state index contributed by atoms with van der Waals surface area (Å²) in [5.74, 6) is 0.381. The third-order valence-electron chi connectivity index (χ3n) is 10.4. The maximum absolute atomic E-state index is 12.9. The second kappa shape index (κ2) is 23.5. The highest BCUT2D eigenvalue weighted by molar-refractivity contribution is 7.86. The third-order valence-corrected chi connectivity index (χ3v) is 13.1. The van der Waals surface area contributed by atoms with Crippen LogP contribution in [-0.2, 0) is 43.2 Å². The number of anilines is 6. The lowest BCUT2D eigenvalue weighted by Crippen LogP contribution is -2.38. The molecule has 4 atom stereocenters. The molecule has 9 N–H and O–H groups in total. The molecule has 6 aromatic rings. The second-order valence-electron chi connectivity index (χ2n) is 17.5. The second-order valence-corrected chi connectivity index (χ2v) is 21.7. The van der Waals surface area contributed by atoms with Gasteiger partial charge in [-0.05, 0) is 99.3 Å². The Morgan fingerprint density at radius 3 is 1.37 bits per heavy atom. The van der Waals surface area contributed by atoms with Gasteiger partial charge in [0.2, 0.25) is 23.8 Å². The average molecular weight is 1070 g/mol. The number of rotatable bonds is 23. The minimum atomic E-state index is -4.99. The number of hydrogen-bond acceptors (Lipinski definition) is 20. The zero-order valence-electron chi connectivity index (χ0n) is 40.2. The van der Waals surface area contributed by atoms with Gasteiger partial charge in [-0.2, -0.15) is 50.2 Å². The fraction of sp³-hybridized carbons (Fsp3) is 0.319. The summed E-state index contributed by atoms with van der Waals surface area (Å²) in [6.07, 6.45) is -0.763. The Labute approximate surface area is 422 Å². The van der Waals surface area contributed by atoms with E-state index in [9.17, 15) is 59.3 Å². The predicted molar refractivity (Wildman–Crippen MR) is 272 cm³/mol. The Hall–Kier alpha value is -6.59. The van der Waals surface area contributed by atoms with Crippen molar-refractivity contribution in [3.8, 4) is 0 Å². The van der Waals surface area contributed by atoms with Crippen LogP contribution in [0.15, 0.2) is 99.6 Å². The van der Waals surface area contributed by atoms with Crippen molar-refractivity contribution in [2.75, 3.05) is 46.6 Å². The number of aliphatic hydroxyl groups excluding tert-OH is 4. The van der Waals surface area contributed by atoms with E-state index in [1.807, 2.05) is 31.2 Å². The first kappa shape index (κ1) is 55.7. The minimum absolute atomic E-state index is 0.0225. The number of nitrogens with one attached hydrogen (secondary N) is 2. The fourth-order valence-corrected chi connectivity index (χ4v) is 9.29. The molecule has 26 heteroatoms. The van der Waals surface area contributed by atoms with E-state index in [0.29, 0.717) is 17.8 Å². The summed E-state index contributed by atoms with van der Waals surface area (Å²) < 4.78 is 105. The standard InChI is InChI=1S/C47H56N10O13S3/c1-28-6-8-33(9-7-28)21-42-50-43(52-46(51-42)56(24-29(2)58)25-30(3)59)22-34-10-11-35(40(20-34)72(65,66)67)12-13-36-14-15-38(23-41(36)73(68,69)70)49-45-53-44(48-37-16-18-39(19-17-37)71(62,63)64)54-47(55-45)57(26-31(4)60)27-32(5)61/h6-20,23,29-32,58-61H,21-22,24-27H2,1-5H3,(H,62,63,64)(H,65,66,67)(H,68,69,70)(H2,48,49,53,54,55)/b13-12+. The fourth-order valence-electron chi connectivity index (χ4n) is 7.37. The topological polar surface area (TPSA) is 352 Å². The largest absolute Gasteiger partial charge is 0.392 e. The highest BCUT2D eigenvalue weighted by Gasteiger charge is 2.23. The smallest absolute Gasteiger partial charge is 0.295 e. The van der Waals surface area contributed by atoms with Crippen LogP contribution in [0.3, 0.4) is 0 Å². The van der Waals surface area contributed by atoms with Gasteiger partial charge in [0.05, 0.1) is 29.3 Å². The van der Waals surface area contributed by atoms with E-state index in [4.69, 9.17) is 0 Å². The Morgan fingerprint density at radius 2 is 0.904 bits per heavy atom. The molecule has 4 aromatic carbocycles. The monoisotopic (exact) mass is 1060 g/mol. The van der Waals surface area contributed by atoms with E-state index in [1.54, 1.807) is 24.8 Å².